The summed E-state index contributed by atoms with van der Waals surface area (Å²) in [6, 6.07) is -1.44. The average Bonchev–Trinajstić information content (AvgIpc) is 2.30. The highest BCUT2D eigenvalue weighted by molar-refractivity contribution is 6.00. The average molecular weight is 243 g/mol. The van der Waals surface area contributed by atoms with E-state index >= 15 is 0 Å². The van der Waals surface area contributed by atoms with E-state index in [0.717, 1.165) is 25.9 Å². The SMILES string of the molecule is CN1CCC(CN(C)C(=O)C(N)C(=O)O)CC1. The molecule has 1 unspecified atom stereocenters. The molecule has 1 atom stereocenters. The van der Waals surface area contributed by atoms with Crippen molar-refractivity contribution >= 4 is 11.9 Å². The minimum absolute atomic E-state index is 0.446. The fourth-order valence-corrected chi connectivity index (χ4v) is 2.06. The number of piperidine rings is 1. The van der Waals surface area contributed by atoms with Crippen LogP contribution in [0.2, 0.25) is 0 Å². The molecule has 1 saturated heterocycles. The first-order valence-electron chi connectivity index (χ1n) is 5.83. The van der Waals surface area contributed by atoms with Crippen LogP contribution in [-0.2, 0) is 9.59 Å². The standard InChI is InChI=1S/C11H21N3O3/c1-13-5-3-8(4-6-13)7-14(2)10(15)9(12)11(16)17/h8-9H,3-7,12H2,1-2H3,(H,16,17). The third-order valence-corrected chi connectivity index (χ3v) is 3.28. The van der Waals surface area contributed by atoms with Gasteiger partial charge < -0.3 is 20.6 Å². The van der Waals surface area contributed by atoms with Crippen LogP contribution < -0.4 is 5.73 Å². The first kappa shape index (κ1) is 13.9. The highest BCUT2D eigenvalue weighted by Crippen LogP contribution is 2.16. The van der Waals surface area contributed by atoms with Gasteiger partial charge in [-0.1, -0.05) is 0 Å². The molecule has 17 heavy (non-hydrogen) atoms. The van der Waals surface area contributed by atoms with E-state index in [4.69, 9.17) is 10.8 Å². The minimum Gasteiger partial charge on any atom is -0.480 e. The summed E-state index contributed by atoms with van der Waals surface area (Å²) in [4.78, 5) is 25.9. The minimum atomic E-state index is -1.44. The van der Waals surface area contributed by atoms with Crippen molar-refractivity contribution in [1.82, 2.24) is 9.80 Å². The summed E-state index contributed by atoms with van der Waals surface area (Å²) in [7, 11) is 3.69. The van der Waals surface area contributed by atoms with E-state index in [1.165, 1.54) is 4.90 Å². The molecular weight excluding hydrogens is 222 g/mol. The Hall–Kier alpha value is -1.14. The Morgan fingerprint density at radius 2 is 2.00 bits per heavy atom. The van der Waals surface area contributed by atoms with E-state index in [9.17, 15) is 9.59 Å². The van der Waals surface area contributed by atoms with Gasteiger partial charge >= 0.3 is 5.97 Å². The summed E-state index contributed by atoms with van der Waals surface area (Å²) in [5.41, 5.74) is 5.29. The Bertz CT molecular complexity index is 288. The fraction of sp³-hybridized carbons (Fsp3) is 0.818. The van der Waals surface area contributed by atoms with E-state index in [0.29, 0.717) is 12.5 Å². The van der Waals surface area contributed by atoms with E-state index < -0.39 is 17.9 Å². The summed E-state index contributed by atoms with van der Waals surface area (Å²) in [5.74, 6) is -1.34. The topological polar surface area (TPSA) is 86.9 Å². The number of aliphatic carboxylic acids is 1. The lowest BCUT2D eigenvalue weighted by molar-refractivity contribution is -0.146. The largest absolute Gasteiger partial charge is 0.480 e. The molecule has 1 aliphatic rings. The Kier molecular flexibility index (Phi) is 4.89. The third kappa shape index (κ3) is 3.98. The van der Waals surface area contributed by atoms with E-state index in [-0.39, 0.29) is 0 Å². The Morgan fingerprint density at radius 1 is 1.47 bits per heavy atom. The predicted octanol–water partition coefficient (Wildman–Crippen LogP) is -0.801. The molecule has 0 aromatic carbocycles. The zero-order chi connectivity index (χ0) is 13.0. The van der Waals surface area contributed by atoms with E-state index in [1.807, 2.05) is 0 Å². The van der Waals surface area contributed by atoms with Gasteiger partial charge in [-0.3, -0.25) is 4.79 Å². The molecule has 1 fully saturated rings. The first-order chi connectivity index (χ1) is 7.91. The molecule has 0 aromatic rings. The van der Waals surface area contributed by atoms with Gasteiger partial charge in [-0.15, -0.1) is 0 Å². The number of nitrogens with two attached hydrogens (primary N) is 1. The summed E-state index contributed by atoms with van der Waals surface area (Å²) in [6.07, 6.45) is 2.08. The van der Waals surface area contributed by atoms with Crippen molar-refractivity contribution in [2.75, 3.05) is 33.7 Å². The quantitative estimate of drug-likeness (QED) is 0.631. The zero-order valence-electron chi connectivity index (χ0n) is 10.4. The molecule has 3 N–H and O–H groups in total. The number of carboxylic acid groups (broad SMARTS) is 1. The van der Waals surface area contributed by atoms with Gasteiger partial charge in [-0.05, 0) is 38.9 Å². The van der Waals surface area contributed by atoms with Crippen molar-refractivity contribution in [2.45, 2.75) is 18.9 Å². The number of likely N-dealkylation sites (tertiary alicyclic amines) is 1. The van der Waals surface area contributed by atoms with Gasteiger partial charge in [0.2, 0.25) is 0 Å². The lowest BCUT2D eigenvalue weighted by Crippen LogP contribution is -2.48. The maximum absolute atomic E-state index is 11.6. The fourth-order valence-electron chi connectivity index (χ4n) is 2.06. The monoisotopic (exact) mass is 243 g/mol. The molecule has 0 aromatic heterocycles. The van der Waals surface area contributed by atoms with E-state index in [2.05, 4.69) is 11.9 Å². The van der Waals surface area contributed by atoms with Crippen LogP contribution in [0.1, 0.15) is 12.8 Å². The Labute approximate surface area is 101 Å². The van der Waals surface area contributed by atoms with Crippen molar-refractivity contribution in [2.24, 2.45) is 11.7 Å². The van der Waals surface area contributed by atoms with Gasteiger partial charge in [0.1, 0.15) is 0 Å². The summed E-state index contributed by atoms with van der Waals surface area (Å²) in [5, 5.41) is 8.66. The van der Waals surface area contributed by atoms with Gasteiger partial charge in [-0.25, -0.2) is 4.79 Å². The third-order valence-electron chi connectivity index (χ3n) is 3.28. The molecule has 1 heterocycles. The summed E-state index contributed by atoms with van der Waals surface area (Å²) in [6.45, 7) is 2.64. The Morgan fingerprint density at radius 3 is 2.47 bits per heavy atom. The molecule has 1 rings (SSSR count). The molecular formula is C11H21N3O3. The smallest absolute Gasteiger partial charge is 0.330 e. The number of hydrogen-bond donors (Lipinski definition) is 2. The van der Waals surface area contributed by atoms with Crippen molar-refractivity contribution in [1.29, 1.82) is 0 Å². The molecule has 0 aliphatic carbocycles. The first-order valence-corrected chi connectivity index (χ1v) is 5.83. The van der Waals surface area contributed by atoms with Gasteiger partial charge in [0.15, 0.2) is 6.04 Å². The highest BCUT2D eigenvalue weighted by atomic mass is 16.4. The summed E-state index contributed by atoms with van der Waals surface area (Å²) < 4.78 is 0. The Balaban J connectivity index is 2.41. The number of likely N-dealkylation sites (N-methyl/N-ethyl adjacent to an activating group) is 1. The number of amides is 1. The van der Waals surface area contributed by atoms with Gasteiger partial charge in [0, 0.05) is 13.6 Å². The highest BCUT2D eigenvalue weighted by Gasteiger charge is 2.27. The normalized spacial score (nSPS) is 19.9. The van der Waals surface area contributed by atoms with Crippen LogP contribution in [0.4, 0.5) is 0 Å². The number of hydrogen-bond acceptors (Lipinski definition) is 4. The maximum Gasteiger partial charge on any atom is 0.330 e. The molecule has 0 spiro atoms. The van der Waals surface area contributed by atoms with Crippen LogP contribution >= 0.6 is 0 Å². The van der Waals surface area contributed by atoms with Crippen molar-refractivity contribution < 1.29 is 14.7 Å². The van der Waals surface area contributed by atoms with Gasteiger partial charge in [0.05, 0.1) is 0 Å². The molecule has 98 valence electrons. The van der Waals surface area contributed by atoms with Crippen LogP contribution in [0.5, 0.6) is 0 Å². The molecule has 0 bridgehead atoms. The van der Waals surface area contributed by atoms with E-state index in [1.54, 1.807) is 7.05 Å². The van der Waals surface area contributed by atoms with Crippen LogP contribution in [0, 0.1) is 5.92 Å². The second kappa shape index (κ2) is 5.97. The molecule has 6 nitrogen and oxygen atoms in total. The van der Waals surface area contributed by atoms with Crippen LogP contribution in [0.15, 0.2) is 0 Å². The number of nitrogens with zero attached hydrogens (tertiary/aromatic N) is 2. The maximum atomic E-state index is 11.6. The molecule has 1 aliphatic heterocycles. The second-order valence-corrected chi connectivity index (χ2v) is 4.78. The molecule has 0 radical (unpaired) electrons. The van der Waals surface area contributed by atoms with Gasteiger partial charge in [-0.2, -0.15) is 0 Å². The van der Waals surface area contributed by atoms with Crippen molar-refractivity contribution in [3.8, 4) is 0 Å². The number of carbonyl (C=O) groups is 2. The van der Waals surface area contributed by atoms with Crippen LogP contribution in [-0.4, -0.2) is 66.6 Å². The lowest BCUT2D eigenvalue weighted by Gasteiger charge is -2.32. The predicted molar refractivity (Wildman–Crippen MR) is 63.5 cm³/mol. The zero-order valence-corrected chi connectivity index (χ0v) is 10.4. The van der Waals surface area contributed by atoms with Gasteiger partial charge in [0.25, 0.3) is 5.91 Å². The molecule has 0 saturated carbocycles. The lowest BCUT2D eigenvalue weighted by atomic mass is 9.96. The summed E-state index contributed by atoms with van der Waals surface area (Å²) >= 11 is 0. The van der Waals surface area contributed by atoms with Crippen molar-refractivity contribution in [3.63, 3.8) is 0 Å². The number of carboxylic acids is 1. The van der Waals surface area contributed by atoms with Crippen LogP contribution in [0.3, 0.4) is 0 Å². The molecule has 6 heteroatoms. The number of carbonyl (C=O) groups excluding carboxylic acids is 1. The number of rotatable bonds is 4. The van der Waals surface area contributed by atoms with Crippen LogP contribution in [0.25, 0.3) is 0 Å². The molecule has 1 amide bonds. The second-order valence-electron chi connectivity index (χ2n) is 4.78. The van der Waals surface area contributed by atoms with Crippen molar-refractivity contribution in [3.05, 3.63) is 0 Å².